The first-order valence-electron chi connectivity index (χ1n) is 27.9. The molecule has 380 valence electrons. The molecule has 0 aliphatic carbocycles. The van der Waals surface area contributed by atoms with Gasteiger partial charge in [0.2, 0.25) is 0 Å². The quantitative estimate of drug-likeness (QED) is 0.0262. The van der Waals surface area contributed by atoms with Gasteiger partial charge in [-0.2, -0.15) is 0 Å². The minimum atomic E-state index is -0.815. The lowest BCUT2D eigenvalue weighted by atomic mass is 10.0. The highest BCUT2D eigenvalue weighted by molar-refractivity contribution is 5.72. The summed E-state index contributed by atoms with van der Waals surface area (Å²) in [5.74, 6) is -1.03. The predicted octanol–water partition coefficient (Wildman–Crippen LogP) is 18.6. The number of esters is 3. The van der Waals surface area contributed by atoms with Crippen molar-refractivity contribution in [3.63, 3.8) is 0 Å². The highest BCUT2D eigenvalue weighted by Crippen LogP contribution is 2.16. The number of hydrogen-bond donors (Lipinski definition) is 0. The molecule has 1 unspecified atom stereocenters. The zero-order valence-electron chi connectivity index (χ0n) is 43.4. The zero-order valence-corrected chi connectivity index (χ0v) is 43.4. The molecule has 0 rings (SSSR count). The molecule has 0 aliphatic heterocycles. The molecule has 0 aromatic heterocycles. The molecule has 0 aromatic rings. The molecule has 0 heterocycles. The van der Waals surface area contributed by atoms with Crippen LogP contribution >= 0.6 is 0 Å². The first-order valence-corrected chi connectivity index (χ1v) is 27.9. The van der Waals surface area contributed by atoms with E-state index >= 15 is 0 Å². The lowest BCUT2D eigenvalue weighted by Crippen LogP contribution is -2.30. The van der Waals surface area contributed by atoms with Gasteiger partial charge in [-0.1, -0.05) is 254 Å². The number of hydrogen-bond acceptors (Lipinski definition) is 6. The third-order valence-corrected chi connectivity index (χ3v) is 12.0. The Kier molecular flexibility index (Phi) is 51.9. The fourth-order valence-electron chi connectivity index (χ4n) is 7.81. The van der Waals surface area contributed by atoms with Crippen molar-refractivity contribution in [2.45, 2.75) is 277 Å². The van der Waals surface area contributed by atoms with Gasteiger partial charge >= 0.3 is 17.9 Å². The molecular weight excluding hydrogens is 817 g/mol. The standard InChI is InChI=1S/C60H104O6/c1-4-7-10-13-16-19-22-25-28-30-33-35-38-41-44-47-50-53-59(62)65-56-57(55-64-58(61)52-49-46-43-40-37-34-31-27-24-21-18-15-12-9-6-3)66-60(63)54-51-48-45-42-39-36-32-29-26-23-20-17-14-11-8-5-2/h9,12,18,21,25,27-28,31,37,40,46,49,57H,4-8,10-11,13-17,19-20,22-24,26,29-30,32-36,38-39,41-45,47-48,50-56H2,1-3H3/b12-9-,21-18-,28-25-,31-27-,40-37-,49-46-. The first kappa shape index (κ1) is 62.8. The van der Waals surface area contributed by atoms with E-state index in [1.165, 1.54) is 161 Å². The van der Waals surface area contributed by atoms with E-state index in [9.17, 15) is 14.4 Å². The number of allylic oxidation sites excluding steroid dienone is 11. The normalized spacial score (nSPS) is 12.6. The van der Waals surface area contributed by atoms with E-state index in [1.807, 2.05) is 6.08 Å². The van der Waals surface area contributed by atoms with E-state index in [1.54, 1.807) is 6.08 Å². The maximum absolute atomic E-state index is 12.8. The van der Waals surface area contributed by atoms with Crippen molar-refractivity contribution in [1.82, 2.24) is 0 Å². The summed E-state index contributed by atoms with van der Waals surface area (Å²) < 4.78 is 16.7. The Morgan fingerprint density at radius 1 is 0.333 bits per heavy atom. The molecule has 6 heteroatoms. The minimum Gasteiger partial charge on any atom is -0.462 e. The highest BCUT2D eigenvalue weighted by Gasteiger charge is 2.19. The van der Waals surface area contributed by atoms with Gasteiger partial charge in [0.05, 0.1) is 6.42 Å². The molecule has 0 saturated carbocycles. The highest BCUT2D eigenvalue weighted by atomic mass is 16.6. The Hall–Kier alpha value is -3.15. The van der Waals surface area contributed by atoms with Gasteiger partial charge in [0.15, 0.2) is 6.10 Å². The second kappa shape index (κ2) is 54.5. The monoisotopic (exact) mass is 921 g/mol. The molecule has 0 saturated heterocycles. The van der Waals surface area contributed by atoms with E-state index < -0.39 is 12.1 Å². The van der Waals surface area contributed by atoms with Crippen LogP contribution in [0.2, 0.25) is 0 Å². The van der Waals surface area contributed by atoms with E-state index in [2.05, 4.69) is 81.5 Å². The maximum atomic E-state index is 12.8. The lowest BCUT2D eigenvalue weighted by Gasteiger charge is -2.18. The molecule has 66 heavy (non-hydrogen) atoms. The van der Waals surface area contributed by atoms with E-state index in [4.69, 9.17) is 14.2 Å². The van der Waals surface area contributed by atoms with E-state index in [-0.39, 0.29) is 31.6 Å². The van der Waals surface area contributed by atoms with Gasteiger partial charge in [0.25, 0.3) is 0 Å². The van der Waals surface area contributed by atoms with Gasteiger partial charge in [-0.25, -0.2) is 0 Å². The Morgan fingerprint density at radius 3 is 1.05 bits per heavy atom. The van der Waals surface area contributed by atoms with Crippen molar-refractivity contribution in [1.29, 1.82) is 0 Å². The van der Waals surface area contributed by atoms with Crippen LogP contribution in [-0.4, -0.2) is 37.2 Å². The summed E-state index contributed by atoms with van der Waals surface area (Å²) >= 11 is 0. The summed E-state index contributed by atoms with van der Waals surface area (Å²) in [6.07, 6.45) is 69.1. The molecule has 0 aliphatic rings. The molecule has 0 N–H and O–H groups in total. The van der Waals surface area contributed by atoms with Crippen molar-refractivity contribution in [3.05, 3.63) is 72.9 Å². The van der Waals surface area contributed by atoms with Crippen molar-refractivity contribution >= 4 is 17.9 Å². The molecule has 0 fully saturated rings. The molecule has 0 amide bonds. The number of rotatable bonds is 50. The molecule has 0 aromatic carbocycles. The molecule has 0 bridgehead atoms. The summed E-state index contributed by atoms with van der Waals surface area (Å²) in [7, 11) is 0. The Balaban J connectivity index is 4.47. The van der Waals surface area contributed by atoms with Crippen LogP contribution in [0.5, 0.6) is 0 Å². The fraction of sp³-hybridized carbons (Fsp3) is 0.750. The summed E-state index contributed by atoms with van der Waals surface area (Å²) in [4.78, 5) is 38.0. The number of unbranched alkanes of at least 4 members (excludes halogenated alkanes) is 28. The van der Waals surface area contributed by atoms with Crippen LogP contribution in [0.4, 0.5) is 0 Å². The van der Waals surface area contributed by atoms with Crippen LogP contribution in [0.15, 0.2) is 72.9 Å². The Morgan fingerprint density at radius 2 is 0.652 bits per heavy atom. The first-order chi connectivity index (χ1) is 32.5. The SMILES string of the molecule is CC/C=C\C/C=C\C/C=C\C/C=C\C/C=C\CC(=O)OCC(COC(=O)CCCCCCCCC/C=C\CCCCCCCC)OC(=O)CCCCCCCCCCCCCCCCCC. The number of ether oxygens (including phenoxy) is 3. The average molecular weight is 921 g/mol. The van der Waals surface area contributed by atoms with Gasteiger partial charge in [0.1, 0.15) is 13.2 Å². The lowest BCUT2D eigenvalue weighted by molar-refractivity contribution is -0.166. The average Bonchev–Trinajstić information content (AvgIpc) is 3.31. The van der Waals surface area contributed by atoms with Gasteiger partial charge in [-0.15, -0.1) is 0 Å². The minimum absolute atomic E-state index is 0.105. The summed E-state index contributed by atoms with van der Waals surface area (Å²) in [6, 6.07) is 0. The second-order valence-electron chi connectivity index (χ2n) is 18.5. The number of carbonyl (C=O) groups excluding carboxylic acids is 3. The molecular formula is C60H104O6. The van der Waals surface area contributed by atoms with E-state index in [0.29, 0.717) is 12.8 Å². The van der Waals surface area contributed by atoms with Crippen LogP contribution in [0, 0.1) is 0 Å². The van der Waals surface area contributed by atoms with Crippen LogP contribution in [0.3, 0.4) is 0 Å². The van der Waals surface area contributed by atoms with Crippen LogP contribution in [0.25, 0.3) is 0 Å². The smallest absolute Gasteiger partial charge is 0.309 e. The summed E-state index contributed by atoms with van der Waals surface area (Å²) in [5.41, 5.74) is 0. The van der Waals surface area contributed by atoms with Gasteiger partial charge in [0, 0.05) is 12.8 Å². The zero-order chi connectivity index (χ0) is 47.9. The molecule has 1 atom stereocenters. The maximum Gasteiger partial charge on any atom is 0.309 e. The third kappa shape index (κ3) is 51.8. The van der Waals surface area contributed by atoms with Gasteiger partial charge in [-0.3, -0.25) is 14.4 Å². The van der Waals surface area contributed by atoms with E-state index in [0.717, 1.165) is 70.6 Å². The topological polar surface area (TPSA) is 78.9 Å². The summed E-state index contributed by atoms with van der Waals surface area (Å²) in [5, 5.41) is 0. The summed E-state index contributed by atoms with van der Waals surface area (Å²) in [6.45, 7) is 6.45. The van der Waals surface area contributed by atoms with Crippen LogP contribution in [-0.2, 0) is 28.6 Å². The predicted molar refractivity (Wildman–Crippen MR) is 284 cm³/mol. The van der Waals surface area contributed by atoms with Crippen molar-refractivity contribution < 1.29 is 28.6 Å². The van der Waals surface area contributed by atoms with Crippen molar-refractivity contribution in [2.75, 3.05) is 13.2 Å². The van der Waals surface area contributed by atoms with Crippen LogP contribution < -0.4 is 0 Å². The van der Waals surface area contributed by atoms with Crippen molar-refractivity contribution in [3.8, 4) is 0 Å². The van der Waals surface area contributed by atoms with Crippen LogP contribution in [0.1, 0.15) is 271 Å². The van der Waals surface area contributed by atoms with Gasteiger partial charge in [-0.05, 0) is 70.6 Å². The third-order valence-electron chi connectivity index (χ3n) is 12.0. The molecule has 0 radical (unpaired) electrons. The second-order valence-corrected chi connectivity index (χ2v) is 18.5. The van der Waals surface area contributed by atoms with Crippen molar-refractivity contribution in [2.24, 2.45) is 0 Å². The van der Waals surface area contributed by atoms with Gasteiger partial charge < -0.3 is 14.2 Å². The fourth-order valence-corrected chi connectivity index (χ4v) is 7.81. The molecule has 6 nitrogen and oxygen atoms in total. The molecule has 0 spiro atoms. The largest absolute Gasteiger partial charge is 0.462 e. The number of carbonyl (C=O) groups is 3. The Bertz CT molecular complexity index is 1240. The Labute approximate surface area is 408 Å².